The molecular weight excluding hydrogens is 222 g/mol. The van der Waals surface area contributed by atoms with E-state index >= 15 is 0 Å². The Balaban J connectivity index is 2.72. The molecule has 3 heteroatoms. The van der Waals surface area contributed by atoms with E-state index in [-0.39, 0.29) is 16.7 Å². The van der Waals surface area contributed by atoms with E-state index in [9.17, 15) is 0 Å². The molecule has 2 aromatic carbocycles. The molecular formula is C15H6N3. The third-order valence-electron chi connectivity index (χ3n) is 2.54. The Bertz CT molecular complexity index is 675. The van der Waals surface area contributed by atoms with Crippen LogP contribution in [0.25, 0.3) is 11.1 Å². The van der Waals surface area contributed by atoms with Crippen LogP contribution in [0.2, 0.25) is 0 Å². The number of nitrogens with zero attached hydrogens (tertiary/aromatic N) is 3. The molecule has 81 valence electrons. The molecule has 2 rings (SSSR count). The number of benzene rings is 2. The van der Waals surface area contributed by atoms with Crippen molar-refractivity contribution in [2.24, 2.45) is 0 Å². The summed E-state index contributed by atoms with van der Waals surface area (Å²) in [6, 6.07) is 19.1. The molecule has 0 aliphatic heterocycles. The highest BCUT2D eigenvalue weighted by molar-refractivity contribution is 5.70. The minimum absolute atomic E-state index is 0.131. The number of hydrogen-bond donors (Lipinski definition) is 0. The van der Waals surface area contributed by atoms with E-state index in [4.69, 9.17) is 15.8 Å². The van der Waals surface area contributed by atoms with Crippen LogP contribution in [-0.2, 0) is 0 Å². The van der Waals surface area contributed by atoms with Crippen molar-refractivity contribution in [2.45, 2.75) is 0 Å². The molecule has 0 N–H and O–H groups in total. The van der Waals surface area contributed by atoms with Crippen LogP contribution < -0.4 is 0 Å². The Kier molecular flexibility index (Phi) is 3.06. The highest BCUT2D eigenvalue weighted by atomic mass is 14.3. The van der Waals surface area contributed by atoms with Crippen LogP contribution in [0.1, 0.15) is 16.7 Å². The fraction of sp³-hybridized carbons (Fsp3) is 0. The fourth-order valence-electron chi connectivity index (χ4n) is 1.68. The molecule has 0 amide bonds. The maximum Gasteiger partial charge on any atom is 0.102 e. The molecule has 0 heterocycles. The van der Waals surface area contributed by atoms with Gasteiger partial charge < -0.3 is 0 Å². The number of hydrogen-bond acceptors (Lipinski definition) is 3. The standard InChI is InChI=1S/C15H6N3/c16-8-13-6-12(11-4-2-1-3-5-11)7-14(9-17)15(13)10-18/h2-7H. The van der Waals surface area contributed by atoms with E-state index in [1.54, 1.807) is 24.3 Å². The molecule has 0 atom stereocenters. The number of rotatable bonds is 1. The summed E-state index contributed by atoms with van der Waals surface area (Å²) in [6.45, 7) is 0. The lowest BCUT2D eigenvalue weighted by Crippen LogP contribution is -1.91. The van der Waals surface area contributed by atoms with E-state index in [0.717, 1.165) is 11.1 Å². The van der Waals surface area contributed by atoms with Crippen molar-refractivity contribution in [1.82, 2.24) is 0 Å². The van der Waals surface area contributed by atoms with Gasteiger partial charge in [-0.3, -0.25) is 0 Å². The zero-order valence-corrected chi connectivity index (χ0v) is 9.31. The largest absolute Gasteiger partial charge is 0.192 e. The Morgan fingerprint density at radius 1 is 0.778 bits per heavy atom. The van der Waals surface area contributed by atoms with Crippen molar-refractivity contribution in [3.05, 3.63) is 59.2 Å². The van der Waals surface area contributed by atoms with Gasteiger partial charge in [-0.05, 0) is 29.3 Å². The monoisotopic (exact) mass is 228 g/mol. The van der Waals surface area contributed by atoms with Crippen molar-refractivity contribution in [3.63, 3.8) is 0 Å². The van der Waals surface area contributed by atoms with Gasteiger partial charge in [0.1, 0.15) is 18.2 Å². The first kappa shape index (κ1) is 11.4. The molecule has 3 nitrogen and oxygen atoms in total. The predicted molar refractivity (Wildman–Crippen MR) is 64.9 cm³/mol. The molecule has 0 aliphatic carbocycles. The first-order chi connectivity index (χ1) is 8.80. The molecule has 0 saturated carbocycles. The second-order valence-corrected chi connectivity index (χ2v) is 3.57. The molecule has 0 aliphatic rings. The summed E-state index contributed by atoms with van der Waals surface area (Å²) in [6.07, 6.45) is 0. The quantitative estimate of drug-likeness (QED) is 0.753. The van der Waals surface area contributed by atoms with Crippen LogP contribution in [0, 0.1) is 40.1 Å². The van der Waals surface area contributed by atoms with Gasteiger partial charge in [0.25, 0.3) is 0 Å². The highest BCUT2D eigenvalue weighted by Gasteiger charge is 2.11. The van der Waals surface area contributed by atoms with Gasteiger partial charge in [0, 0.05) is 0 Å². The lowest BCUT2D eigenvalue weighted by Gasteiger charge is -2.04. The maximum atomic E-state index is 9.02. The minimum atomic E-state index is 0.131. The van der Waals surface area contributed by atoms with Gasteiger partial charge in [-0.15, -0.1) is 0 Å². The van der Waals surface area contributed by atoms with Crippen molar-refractivity contribution in [3.8, 4) is 29.3 Å². The maximum absolute atomic E-state index is 9.02. The van der Waals surface area contributed by atoms with Gasteiger partial charge in [-0.25, -0.2) is 0 Å². The Labute approximate surface area is 105 Å². The van der Waals surface area contributed by atoms with Crippen molar-refractivity contribution in [1.29, 1.82) is 15.8 Å². The lowest BCUT2D eigenvalue weighted by atomic mass is 9.96. The molecule has 0 unspecified atom stereocenters. The second-order valence-electron chi connectivity index (χ2n) is 3.57. The van der Waals surface area contributed by atoms with E-state index in [0.29, 0.717) is 0 Å². The normalized spacial score (nSPS) is 8.94. The third-order valence-corrected chi connectivity index (χ3v) is 2.54. The second kappa shape index (κ2) is 4.83. The Morgan fingerprint density at radius 2 is 1.33 bits per heavy atom. The fourth-order valence-corrected chi connectivity index (χ4v) is 1.68. The first-order valence-corrected chi connectivity index (χ1v) is 5.15. The molecule has 1 radical (unpaired) electrons. The van der Waals surface area contributed by atoms with Gasteiger partial charge in [-0.1, -0.05) is 24.3 Å². The van der Waals surface area contributed by atoms with Gasteiger partial charge in [-0.2, -0.15) is 15.8 Å². The van der Waals surface area contributed by atoms with E-state index in [1.165, 1.54) is 0 Å². The van der Waals surface area contributed by atoms with Crippen molar-refractivity contribution < 1.29 is 0 Å². The average Bonchev–Trinajstić information content (AvgIpc) is 2.46. The molecule has 18 heavy (non-hydrogen) atoms. The minimum Gasteiger partial charge on any atom is -0.192 e. The Hall–Kier alpha value is -3.09. The van der Waals surface area contributed by atoms with Gasteiger partial charge in [0.15, 0.2) is 0 Å². The SMILES string of the molecule is N#Cc1cc(-c2cc[c]cc2)cc(C#N)c1C#N. The average molecular weight is 228 g/mol. The summed E-state index contributed by atoms with van der Waals surface area (Å²) >= 11 is 0. The van der Waals surface area contributed by atoms with E-state index in [2.05, 4.69) is 6.07 Å². The van der Waals surface area contributed by atoms with Crippen LogP contribution in [-0.4, -0.2) is 0 Å². The summed E-state index contributed by atoms with van der Waals surface area (Å²) in [5, 5.41) is 27.0. The smallest absolute Gasteiger partial charge is 0.102 e. The number of nitriles is 3. The van der Waals surface area contributed by atoms with Crippen LogP contribution in [0.3, 0.4) is 0 Å². The van der Waals surface area contributed by atoms with Gasteiger partial charge in [0.2, 0.25) is 0 Å². The zero-order chi connectivity index (χ0) is 13.0. The van der Waals surface area contributed by atoms with Gasteiger partial charge in [0.05, 0.1) is 16.7 Å². The predicted octanol–water partition coefficient (Wildman–Crippen LogP) is 2.77. The third kappa shape index (κ3) is 1.92. The van der Waals surface area contributed by atoms with Crippen LogP contribution in [0.5, 0.6) is 0 Å². The molecule has 0 saturated heterocycles. The summed E-state index contributed by atoms with van der Waals surface area (Å²) in [4.78, 5) is 0. The highest BCUT2D eigenvalue weighted by Crippen LogP contribution is 2.24. The van der Waals surface area contributed by atoms with E-state index < -0.39 is 0 Å². The molecule has 0 bridgehead atoms. The van der Waals surface area contributed by atoms with Crippen LogP contribution in [0.4, 0.5) is 0 Å². The molecule has 2 aromatic rings. The summed E-state index contributed by atoms with van der Waals surface area (Å²) in [5.74, 6) is 0. The van der Waals surface area contributed by atoms with Crippen molar-refractivity contribution >= 4 is 0 Å². The van der Waals surface area contributed by atoms with E-state index in [1.807, 2.05) is 30.3 Å². The van der Waals surface area contributed by atoms with Crippen LogP contribution in [0.15, 0.2) is 36.4 Å². The van der Waals surface area contributed by atoms with Gasteiger partial charge >= 0.3 is 0 Å². The molecule has 0 aromatic heterocycles. The first-order valence-electron chi connectivity index (χ1n) is 5.15. The molecule has 0 spiro atoms. The summed E-state index contributed by atoms with van der Waals surface area (Å²) in [5.41, 5.74) is 2.20. The zero-order valence-electron chi connectivity index (χ0n) is 9.31. The Morgan fingerprint density at radius 3 is 1.78 bits per heavy atom. The summed E-state index contributed by atoms with van der Waals surface area (Å²) in [7, 11) is 0. The summed E-state index contributed by atoms with van der Waals surface area (Å²) < 4.78 is 0. The van der Waals surface area contributed by atoms with Crippen LogP contribution >= 0.6 is 0 Å². The lowest BCUT2D eigenvalue weighted by molar-refractivity contribution is 1.39. The molecule has 0 fully saturated rings. The van der Waals surface area contributed by atoms with Crippen molar-refractivity contribution in [2.75, 3.05) is 0 Å². The topological polar surface area (TPSA) is 71.4 Å².